The predicted octanol–water partition coefficient (Wildman–Crippen LogP) is 4.29. The molecule has 2 amide bonds. The number of fused-ring (bicyclic) bond motifs is 1. The van der Waals surface area contributed by atoms with Crippen LogP contribution < -0.4 is 10.6 Å². The maximum atomic E-state index is 12.3. The van der Waals surface area contributed by atoms with E-state index in [4.69, 9.17) is 9.15 Å². The number of thiophene rings is 1. The van der Waals surface area contributed by atoms with Crippen LogP contribution in [0.25, 0.3) is 6.08 Å². The zero-order chi connectivity index (χ0) is 23.0. The number of hydrogen-bond donors (Lipinski definition) is 2. The summed E-state index contributed by atoms with van der Waals surface area (Å²) in [6, 6.07) is 7.64. The van der Waals surface area contributed by atoms with Crippen LogP contribution >= 0.6 is 11.3 Å². The molecule has 168 valence electrons. The molecule has 3 aromatic heterocycles. The van der Waals surface area contributed by atoms with Gasteiger partial charge in [0.15, 0.2) is 0 Å². The topological polar surface area (TPSA) is 117 Å². The second-order valence-corrected chi connectivity index (χ2v) is 8.72. The average Bonchev–Trinajstić information content (AvgIpc) is 3.47. The van der Waals surface area contributed by atoms with Gasteiger partial charge >= 0.3 is 6.09 Å². The minimum atomic E-state index is -0.459. The molecule has 0 aromatic carbocycles. The highest BCUT2D eigenvalue weighted by molar-refractivity contribution is 7.16. The fraction of sp³-hybridized carbons (Fsp3) is 0.250. The van der Waals surface area contributed by atoms with Crippen LogP contribution in [0.5, 0.6) is 0 Å². The maximum Gasteiger partial charge on any atom is 0.407 e. The summed E-state index contributed by atoms with van der Waals surface area (Å²) >= 11 is 1.41. The lowest BCUT2D eigenvalue weighted by Crippen LogP contribution is -2.27. The van der Waals surface area contributed by atoms with Crippen molar-refractivity contribution in [2.75, 3.05) is 11.9 Å². The molecular weight excluding hydrogens is 440 g/mol. The summed E-state index contributed by atoms with van der Waals surface area (Å²) in [6.45, 7) is 0.682. The number of nitrogens with one attached hydrogen (secondary N) is 2. The van der Waals surface area contributed by atoms with Crippen molar-refractivity contribution in [1.29, 1.82) is 5.26 Å². The monoisotopic (exact) mass is 462 g/mol. The molecule has 0 fully saturated rings. The largest absolute Gasteiger partial charge is 0.472 e. The van der Waals surface area contributed by atoms with E-state index in [0.29, 0.717) is 36.6 Å². The molecule has 4 rings (SSSR count). The highest BCUT2D eigenvalue weighted by atomic mass is 32.1. The van der Waals surface area contributed by atoms with Crippen molar-refractivity contribution < 1.29 is 18.7 Å². The van der Waals surface area contributed by atoms with Crippen molar-refractivity contribution in [3.8, 4) is 6.07 Å². The van der Waals surface area contributed by atoms with E-state index < -0.39 is 6.09 Å². The number of rotatable bonds is 7. The molecule has 0 spiro atoms. The lowest BCUT2D eigenvalue weighted by atomic mass is 9.88. The van der Waals surface area contributed by atoms with Gasteiger partial charge in [-0.1, -0.05) is 0 Å². The molecule has 8 nitrogen and oxygen atoms in total. The number of ether oxygens (including phenoxy) is 1. The Balaban J connectivity index is 1.31. The van der Waals surface area contributed by atoms with Crippen LogP contribution in [-0.4, -0.2) is 23.6 Å². The molecule has 0 bridgehead atoms. The summed E-state index contributed by atoms with van der Waals surface area (Å²) in [6.07, 6.45) is 11.2. The molecule has 2 N–H and O–H groups in total. The fourth-order valence-electron chi connectivity index (χ4n) is 3.62. The highest BCUT2D eigenvalue weighted by Crippen LogP contribution is 2.39. The van der Waals surface area contributed by atoms with E-state index in [0.717, 1.165) is 28.0 Å². The van der Waals surface area contributed by atoms with E-state index in [9.17, 15) is 14.9 Å². The molecule has 1 unspecified atom stereocenters. The van der Waals surface area contributed by atoms with Crippen molar-refractivity contribution in [2.24, 2.45) is 5.92 Å². The van der Waals surface area contributed by atoms with Gasteiger partial charge in [0.1, 0.15) is 11.1 Å². The molecule has 0 radical (unpaired) electrons. The summed E-state index contributed by atoms with van der Waals surface area (Å²) in [4.78, 5) is 29.3. The number of aromatic nitrogens is 1. The number of nitriles is 1. The van der Waals surface area contributed by atoms with Crippen LogP contribution in [0.1, 0.15) is 33.6 Å². The molecule has 1 atom stereocenters. The Bertz CT molecular complexity index is 1180. The summed E-state index contributed by atoms with van der Waals surface area (Å²) in [5.74, 6) is -0.143. The SMILES string of the molecule is N#Cc1c(NC(=O)/C=C/c2ccoc2)sc2c1CCC(COC(=O)NCc1ccncc1)C2. The Morgan fingerprint density at radius 3 is 2.94 bits per heavy atom. The molecule has 3 aromatic rings. The van der Waals surface area contributed by atoms with Gasteiger partial charge in [-0.15, -0.1) is 11.3 Å². The number of amides is 2. The lowest BCUT2D eigenvalue weighted by molar-refractivity contribution is -0.111. The Kier molecular flexibility index (Phi) is 7.17. The first-order chi connectivity index (χ1) is 16.1. The van der Waals surface area contributed by atoms with E-state index in [-0.39, 0.29) is 11.8 Å². The molecule has 0 saturated heterocycles. The number of carbonyl (C=O) groups excluding carboxylic acids is 2. The van der Waals surface area contributed by atoms with E-state index >= 15 is 0 Å². The van der Waals surface area contributed by atoms with E-state index in [1.807, 2.05) is 12.1 Å². The zero-order valence-electron chi connectivity index (χ0n) is 17.7. The van der Waals surface area contributed by atoms with Gasteiger partial charge in [0.2, 0.25) is 5.91 Å². The number of nitrogens with zero attached hydrogens (tertiary/aromatic N) is 2. The molecule has 33 heavy (non-hydrogen) atoms. The average molecular weight is 463 g/mol. The summed E-state index contributed by atoms with van der Waals surface area (Å²) in [5.41, 5.74) is 3.23. The third kappa shape index (κ3) is 5.87. The Labute approximate surface area is 194 Å². The number of carbonyl (C=O) groups is 2. The standard InChI is InChI=1S/C24H22N4O4S/c25-12-20-19-3-1-18(15-32-24(30)27-13-16-5-8-26-9-6-16)11-21(19)33-23(20)28-22(29)4-2-17-7-10-31-14-17/h2,4-10,14,18H,1,3,11,13,15H2,(H,27,30)(H,28,29)/b4-2+. The smallest absolute Gasteiger partial charge is 0.407 e. The first kappa shape index (κ1) is 22.3. The summed E-state index contributed by atoms with van der Waals surface area (Å²) in [7, 11) is 0. The van der Waals surface area contributed by atoms with Gasteiger partial charge in [-0.2, -0.15) is 5.26 Å². The van der Waals surface area contributed by atoms with Crippen molar-refractivity contribution in [2.45, 2.75) is 25.8 Å². The van der Waals surface area contributed by atoms with Gasteiger partial charge in [0, 0.05) is 35.5 Å². The second-order valence-electron chi connectivity index (χ2n) is 7.62. The van der Waals surface area contributed by atoms with Gasteiger partial charge in [-0.3, -0.25) is 9.78 Å². The molecule has 1 aliphatic rings. The van der Waals surface area contributed by atoms with Crippen molar-refractivity contribution in [3.63, 3.8) is 0 Å². The van der Waals surface area contributed by atoms with Crippen LogP contribution in [0.3, 0.4) is 0 Å². The molecule has 0 aliphatic heterocycles. The number of alkyl carbamates (subject to hydrolysis) is 1. The predicted molar refractivity (Wildman–Crippen MR) is 123 cm³/mol. The maximum absolute atomic E-state index is 12.3. The first-order valence-corrected chi connectivity index (χ1v) is 11.3. The van der Waals surface area contributed by atoms with Crippen molar-refractivity contribution >= 4 is 34.4 Å². The molecule has 3 heterocycles. The van der Waals surface area contributed by atoms with E-state index in [1.54, 1.807) is 24.5 Å². The van der Waals surface area contributed by atoms with Crippen molar-refractivity contribution in [1.82, 2.24) is 10.3 Å². The van der Waals surface area contributed by atoms with Crippen molar-refractivity contribution in [3.05, 3.63) is 76.3 Å². The normalized spacial score (nSPS) is 14.9. The van der Waals surface area contributed by atoms with Gasteiger partial charge in [0.25, 0.3) is 0 Å². The lowest BCUT2D eigenvalue weighted by Gasteiger charge is -2.21. The zero-order valence-corrected chi connectivity index (χ0v) is 18.6. The van der Waals surface area contributed by atoms with E-state index in [2.05, 4.69) is 21.7 Å². The van der Waals surface area contributed by atoms with Crippen LogP contribution in [0.2, 0.25) is 0 Å². The first-order valence-electron chi connectivity index (χ1n) is 10.5. The second kappa shape index (κ2) is 10.6. The molecule has 9 heteroatoms. The molecule has 1 aliphatic carbocycles. The van der Waals surface area contributed by atoms with Gasteiger partial charge in [0.05, 0.1) is 24.7 Å². The third-order valence-electron chi connectivity index (χ3n) is 5.32. The molecule has 0 saturated carbocycles. The number of pyridine rings is 1. The Hall–Kier alpha value is -3.90. The van der Waals surface area contributed by atoms with Gasteiger partial charge in [-0.05, 0) is 60.6 Å². The Morgan fingerprint density at radius 1 is 1.33 bits per heavy atom. The highest BCUT2D eigenvalue weighted by Gasteiger charge is 2.27. The number of anilines is 1. The van der Waals surface area contributed by atoms with Crippen LogP contribution in [0.4, 0.5) is 9.80 Å². The van der Waals surface area contributed by atoms with Crippen LogP contribution in [-0.2, 0) is 28.9 Å². The molecular formula is C24H22N4O4S. The Morgan fingerprint density at radius 2 is 2.18 bits per heavy atom. The summed E-state index contributed by atoms with van der Waals surface area (Å²) < 4.78 is 10.4. The summed E-state index contributed by atoms with van der Waals surface area (Å²) in [5, 5.41) is 15.8. The van der Waals surface area contributed by atoms with E-state index in [1.165, 1.54) is 29.9 Å². The minimum absolute atomic E-state index is 0.166. The van der Waals surface area contributed by atoms with Gasteiger partial charge < -0.3 is 19.8 Å². The minimum Gasteiger partial charge on any atom is -0.472 e. The number of hydrogen-bond acceptors (Lipinski definition) is 7. The number of furan rings is 1. The quantitative estimate of drug-likeness (QED) is 0.506. The fourth-order valence-corrected chi connectivity index (χ4v) is 4.93. The third-order valence-corrected chi connectivity index (χ3v) is 6.49. The van der Waals surface area contributed by atoms with Crippen LogP contribution in [0.15, 0.2) is 53.6 Å². The van der Waals surface area contributed by atoms with Gasteiger partial charge in [-0.25, -0.2) is 4.79 Å². The van der Waals surface area contributed by atoms with Crippen LogP contribution in [0, 0.1) is 17.2 Å².